The van der Waals surface area contributed by atoms with Gasteiger partial charge in [-0.3, -0.25) is 0 Å². The molecule has 184 valence electrons. The summed E-state index contributed by atoms with van der Waals surface area (Å²) in [7, 11) is 0. The van der Waals surface area contributed by atoms with E-state index in [1.807, 2.05) is 0 Å². The van der Waals surface area contributed by atoms with Crippen molar-refractivity contribution in [2.24, 2.45) is 44.3 Å². The van der Waals surface area contributed by atoms with E-state index in [1.54, 1.807) is 22.3 Å². The van der Waals surface area contributed by atoms with E-state index in [-0.39, 0.29) is 7.43 Å². The van der Waals surface area contributed by atoms with Gasteiger partial charge in [0.1, 0.15) is 0 Å². The molecule has 0 bridgehead atoms. The van der Waals surface area contributed by atoms with Crippen molar-refractivity contribution in [1.29, 1.82) is 0 Å². The minimum atomic E-state index is 0. The molecule has 0 amide bonds. The summed E-state index contributed by atoms with van der Waals surface area (Å²) in [5.74, 6) is 1.39. The monoisotopic (exact) mass is 432 g/mol. The van der Waals surface area contributed by atoms with Crippen LogP contribution >= 0.6 is 0 Å². The lowest BCUT2D eigenvalue weighted by molar-refractivity contribution is -0.0413. The van der Waals surface area contributed by atoms with Crippen LogP contribution in [-0.2, 0) is 0 Å². The Labute approximate surface area is 198 Å². The van der Waals surface area contributed by atoms with Crippen LogP contribution in [0.25, 0.3) is 0 Å². The highest BCUT2D eigenvalue weighted by Crippen LogP contribution is 2.63. The number of rotatable bonds is 0. The molecule has 0 saturated heterocycles. The fraction of sp³-hybridized carbons (Fsp3) is 0.871. The first-order valence-corrected chi connectivity index (χ1v) is 12.3. The predicted molar refractivity (Wildman–Crippen MR) is 144 cm³/mol. The van der Waals surface area contributed by atoms with Gasteiger partial charge < -0.3 is 0 Å². The summed E-state index contributed by atoms with van der Waals surface area (Å²) < 4.78 is 0. The zero-order chi connectivity index (χ0) is 24.5. The third-order valence-electron chi connectivity index (χ3n) is 12.7. The van der Waals surface area contributed by atoms with Crippen LogP contribution in [0.3, 0.4) is 0 Å². The first-order chi connectivity index (χ1) is 12.9. The molecule has 2 atom stereocenters. The first-order valence-electron chi connectivity index (χ1n) is 12.3. The quantitative estimate of drug-likeness (QED) is 0.334. The van der Waals surface area contributed by atoms with E-state index in [2.05, 4.69) is 125 Å². The Balaban J connectivity index is 0.000000562. The van der Waals surface area contributed by atoms with E-state index >= 15 is 0 Å². The van der Waals surface area contributed by atoms with Crippen LogP contribution in [0.15, 0.2) is 22.3 Å². The lowest BCUT2D eigenvalue weighted by Gasteiger charge is -2.60. The molecule has 31 heavy (non-hydrogen) atoms. The fourth-order valence-electron chi connectivity index (χ4n) is 6.38. The van der Waals surface area contributed by atoms with Crippen LogP contribution in [0.2, 0.25) is 0 Å². The zero-order valence-electron chi connectivity index (χ0n) is 24.2. The summed E-state index contributed by atoms with van der Waals surface area (Å²) in [6, 6.07) is 0. The smallest absolute Gasteiger partial charge is 0.00883 e. The van der Waals surface area contributed by atoms with E-state index in [9.17, 15) is 0 Å². The molecule has 2 aliphatic rings. The number of hydrogen-bond acceptors (Lipinski definition) is 0. The Bertz CT molecular complexity index is 726. The lowest BCUT2D eigenvalue weighted by Crippen LogP contribution is -2.52. The Kier molecular flexibility index (Phi) is 8.22. The van der Waals surface area contributed by atoms with Crippen molar-refractivity contribution in [3.05, 3.63) is 22.3 Å². The highest BCUT2D eigenvalue weighted by molar-refractivity contribution is 5.31. The topological polar surface area (TPSA) is 0 Å². The van der Waals surface area contributed by atoms with Gasteiger partial charge in [-0.2, -0.15) is 0 Å². The van der Waals surface area contributed by atoms with E-state index in [1.165, 1.54) is 0 Å². The van der Waals surface area contributed by atoms with Crippen molar-refractivity contribution in [1.82, 2.24) is 0 Å². The van der Waals surface area contributed by atoms with E-state index < -0.39 is 0 Å². The van der Waals surface area contributed by atoms with Gasteiger partial charge in [0.2, 0.25) is 0 Å². The Hall–Kier alpha value is -0.520. The molecule has 0 aliphatic heterocycles. The maximum Gasteiger partial charge on any atom is -0.00883 e. The van der Waals surface area contributed by atoms with Crippen molar-refractivity contribution in [2.45, 2.75) is 132 Å². The van der Waals surface area contributed by atoms with Crippen molar-refractivity contribution < 1.29 is 0 Å². The molecule has 0 aromatic rings. The van der Waals surface area contributed by atoms with Gasteiger partial charge in [-0.1, -0.05) is 127 Å². The second-order valence-electron chi connectivity index (χ2n) is 14.0. The number of hydrogen-bond donors (Lipinski definition) is 0. The molecule has 0 heteroatoms. The molecule has 0 N–H and O–H groups in total. The summed E-state index contributed by atoms with van der Waals surface area (Å²) >= 11 is 0. The standard InChI is InChI=1S/2C15H28.CH4/c1-10-11(2)14(6,7)15(8,9)12(3)13(10,4)5;1-10-11(2)13(4,5)15(8,9)14(6,7)12(10)3;/h12H,1-9H3;11H,1-9H3;1H4. The summed E-state index contributed by atoms with van der Waals surface area (Å²) in [6.45, 7) is 43.0. The highest BCUT2D eigenvalue weighted by Gasteiger charge is 2.55. The minimum Gasteiger partial charge on any atom is -0.0776 e. The molecule has 0 radical (unpaired) electrons. The lowest BCUT2D eigenvalue weighted by atomic mass is 9.45. The summed E-state index contributed by atoms with van der Waals surface area (Å²) in [6.07, 6.45) is 0. The summed E-state index contributed by atoms with van der Waals surface area (Å²) in [4.78, 5) is 0. The first kappa shape index (κ1) is 30.5. The van der Waals surface area contributed by atoms with Crippen molar-refractivity contribution >= 4 is 0 Å². The molecule has 0 spiro atoms. The van der Waals surface area contributed by atoms with Gasteiger partial charge >= 0.3 is 0 Å². The van der Waals surface area contributed by atoms with E-state index in [0.29, 0.717) is 44.3 Å². The molecule has 2 rings (SSSR count). The van der Waals surface area contributed by atoms with E-state index in [0.717, 1.165) is 0 Å². The fourth-order valence-corrected chi connectivity index (χ4v) is 6.38. The second-order valence-corrected chi connectivity index (χ2v) is 14.0. The van der Waals surface area contributed by atoms with Gasteiger partial charge in [0.25, 0.3) is 0 Å². The third-order valence-corrected chi connectivity index (χ3v) is 12.7. The molecule has 0 aromatic heterocycles. The average Bonchev–Trinajstić information content (AvgIpc) is 2.62. The third kappa shape index (κ3) is 4.01. The van der Waals surface area contributed by atoms with Gasteiger partial charge in [0.05, 0.1) is 0 Å². The SMILES string of the molecule is C.CC1=C(C)C(C)(C)C(C)(C)C(C)(C)C1C.CC1=C(C)C(C)(C)C(C)(C)C(C)C1(C)C. The molecule has 2 unspecified atom stereocenters. The molecule has 0 aromatic carbocycles. The molecular formula is C31H60. The molecular weight excluding hydrogens is 372 g/mol. The van der Waals surface area contributed by atoms with Gasteiger partial charge in [-0.25, -0.2) is 0 Å². The largest absolute Gasteiger partial charge is 0.0776 e. The second kappa shape index (κ2) is 8.36. The van der Waals surface area contributed by atoms with Gasteiger partial charge in [0.15, 0.2) is 0 Å². The summed E-state index contributed by atoms with van der Waals surface area (Å²) in [5, 5.41) is 0. The predicted octanol–water partition coefficient (Wildman–Crippen LogP) is 10.7. The van der Waals surface area contributed by atoms with Gasteiger partial charge in [-0.15, -0.1) is 0 Å². The average molecular weight is 433 g/mol. The van der Waals surface area contributed by atoms with Crippen LogP contribution in [0.5, 0.6) is 0 Å². The Morgan fingerprint density at radius 1 is 0.516 bits per heavy atom. The van der Waals surface area contributed by atoms with Crippen molar-refractivity contribution in [3.63, 3.8) is 0 Å². The highest BCUT2D eigenvalue weighted by atomic mass is 14.6. The van der Waals surface area contributed by atoms with E-state index in [4.69, 9.17) is 0 Å². The molecule has 0 heterocycles. The van der Waals surface area contributed by atoms with Crippen LogP contribution in [-0.4, -0.2) is 0 Å². The van der Waals surface area contributed by atoms with Crippen LogP contribution in [0, 0.1) is 44.3 Å². The van der Waals surface area contributed by atoms with Crippen LogP contribution < -0.4 is 0 Å². The molecule has 0 saturated carbocycles. The normalized spacial score (nSPS) is 31.9. The van der Waals surface area contributed by atoms with Crippen molar-refractivity contribution in [3.8, 4) is 0 Å². The minimum absolute atomic E-state index is 0. The zero-order valence-corrected chi connectivity index (χ0v) is 24.2. The van der Waals surface area contributed by atoms with Crippen molar-refractivity contribution in [2.75, 3.05) is 0 Å². The van der Waals surface area contributed by atoms with Crippen LogP contribution in [0.4, 0.5) is 0 Å². The van der Waals surface area contributed by atoms with Gasteiger partial charge in [-0.05, 0) is 72.0 Å². The number of allylic oxidation sites excluding steroid dienone is 4. The summed E-state index contributed by atoms with van der Waals surface area (Å²) in [5.41, 5.74) is 8.39. The Morgan fingerprint density at radius 2 is 0.903 bits per heavy atom. The molecule has 2 aliphatic carbocycles. The molecule has 0 fully saturated rings. The molecule has 0 nitrogen and oxygen atoms in total. The van der Waals surface area contributed by atoms with Gasteiger partial charge in [0, 0.05) is 0 Å². The maximum atomic E-state index is 2.43. The Morgan fingerprint density at radius 3 is 1.29 bits per heavy atom. The maximum absolute atomic E-state index is 2.43. The van der Waals surface area contributed by atoms with Crippen LogP contribution in [0.1, 0.15) is 132 Å².